The Morgan fingerprint density at radius 1 is 1.00 bits per heavy atom. The Labute approximate surface area is 88.1 Å². The summed E-state index contributed by atoms with van der Waals surface area (Å²) in [5, 5.41) is 3.46. The summed E-state index contributed by atoms with van der Waals surface area (Å²) in [6, 6.07) is 0. The molecular weight excluding hydrogens is 172 g/mol. The zero-order valence-corrected chi connectivity index (χ0v) is 9.47. The van der Waals surface area contributed by atoms with Crippen molar-refractivity contribution in [3.8, 4) is 0 Å². The zero-order valence-electron chi connectivity index (χ0n) is 9.47. The van der Waals surface area contributed by atoms with Gasteiger partial charge in [-0.05, 0) is 70.2 Å². The van der Waals surface area contributed by atoms with Gasteiger partial charge in [-0.15, -0.1) is 0 Å². The second-order valence-electron chi connectivity index (χ2n) is 4.86. The van der Waals surface area contributed by atoms with Gasteiger partial charge in [0.2, 0.25) is 0 Å². The summed E-state index contributed by atoms with van der Waals surface area (Å²) in [6.07, 6.45) is 5.77. The normalized spacial score (nSPS) is 28.1. The zero-order chi connectivity index (χ0) is 9.80. The van der Waals surface area contributed by atoms with Crippen LogP contribution < -0.4 is 5.32 Å². The molecule has 0 aliphatic carbocycles. The predicted molar refractivity (Wildman–Crippen MR) is 60.4 cm³/mol. The summed E-state index contributed by atoms with van der Waals surface area (Å²) in [4.78, 5) is 2.59. The second kappa shape index (κ2) is 5.13. The minimum atomic E-state index is 1.04. The van der Waals surface area contributed by atoms with Crippen LogP contribution in [0.3, 0.4) is 0 Å². The van der Waals surface area contributed by atoms with Gasteiger partial charge in [0.05, 0.1) is 0 Å². The molecule has 0 atom stereocenters. The van der Waals surface area contributed by atoms with Crippen molar-refractivity contribution < 1.29 is 0 Å². The van der Waals surface area contributed by atoms with Gasteiger partial charge >= 0.3 is 0 Å². The Balaban J connectivity index is 1.76. The SMILES string of the molecule is CCN1CCC(C2CCNCC2)CC1. The lowest BCUT2D eigenvalue weighted by Crippen LogP contribution is -2.39. The average Bonchev–Trinajstić information content (AvgIpc) is 2.30. The number of nitrogens with one attached hydrogen (secondary N) is 1. The summed E-state index contributed by atoms with van der Waals surface area (Å²) in [7, 11) is 0. The highest BCUT2D eigenvalue weighted by Gasteiger charge is 2.26. The van der Waals surface area contributed by atoms with Crippen LogP contribution in [0.25, 0.3) is 0 Å². The van der Waals surface area contributed by atoms with Crippen LogP contribution in [0.1, 0.15) is 32.6 Å². The molecule has 2 saturated heterocycles. The van der Waals surface area contributed by atoms with Crippen LogP contribution in [0.2, 0.25) is 0 Å². The van der Waals surface area contributed by atoms with Gasteiger partial charge in [-0.3, -0.25) is 0 Å². The van der Waals surface area contributed by atoms with Crippen molar-refractivity contribution in [3.05, 3.63) is 0 Å². The molecule has 2 aliphatic heterocycles. The molecule has 14 heavy (non-hydrogen) atoms. The molecule has 0 saturated carbocycles. The number of hydrogen-bond acceptors (Lipinski definition) is 2. The van der Waals surface area contributed by atoms with Gasteiger partial charge in [-0.25, -0.2) is 0 Å². The Morgan fingerprint density at radius 2 is 1.57 bits per heavy atom. The van der Waals surface area contributed by atoms with Crippen LogP contribution >= 0.6 is 0 Å². The summed E-state index contributed by atoms with van der Waals surface area (Å²) < 4.78 is 0. The molecule has 2 heterocycles. The molecule has 0 unspecified atom stereocenters. The molecule has 0 radical (unpaired) electrons. The van der Waals surface area contributed by atoms with Crippen molar-refractivity contribution in [2.45, 2.75) is 32.6 Å². The van der Waals surface area contributed by atoms with Crippen molar-refractivity contribution in [1.82, 2.24) is 10.2 Å². The van der Waals surface area contributed by atoms with Crippen molar-refractivity contribution in [2.75, 3.05) is 32.7 Å². The maximum absolute atomic E-state index is 3.46. The molecule has 2 fully saturated rings. The van der Waals surface area contributed by atoms with E-state index in [4.69, 9.17) is 0 Å². The van der Waals surface area contributed by atoms with Crippen LogP contribution in [0.4, 0.5) is 0 Å². The number of likely N-dealkylation sites (tertiary alicyclic amines) is 1. The topological polar surface area (TPSA) is 15.3 Å². The van der Waals surface area contributed by atoms with Crippen molar-refractivity contribution in [2.24, 2.45) is 11.8 Å². The maximum atomic E-state index is 3.46. The van der Waals surface area contributed by atoms with Crippen LogP contribution in [-0.2, 0) is 0 Å². The molecule has 2 nitrogen and oxygen atoms in total. The monoisotopic (exact) mass is 196 g/mol. The highest BCUT2D eigenvalue weighted by molar-refractivity contribution is 4.80. The molecule has 2 heteroatoms. The molecule has 0 spiro atoms. The lowest BCUT2D eigenvalue weighted by Gasteiger charge is -2.37. The molecule has 0 aromatic heterocycles. The summed E-state index contributed by atoms with van der Waals surface area (Å²) in [6.45, 7) is 8.76. The molecule has 82 valence electrons. The minimum Gasteiger partial charge on any atom is -0.317 e. The van der Waals surface area contributed by atoms with E-state index in [1.54, 1.807) is 0 Å². The summed E-state index contributed by atoms with van der Waals surface area (Å²) >= 11 is 0. The Hall–Kier alpha value is -0.0800. The van der Waals surface area contributed by atoms with Crippen LogP contribution in [0.5, 0.6) is 0 Å². The fourth-order valence-electron chi connectivity index (χ4n) is 3.06. The Morgan fingerprint density at radius 3 is 2.14 bits per heavy atom. The minimum absolute atomic E-state index is 1.04. The third-order valence-electron chi connectivity index (χ3n) is 4.13. The molecule has 0 bridgehead atoms. The maximum Gasteiger partial charge on any atom is -0.00161 e. The van der Waals surface area contributed by atoms with E-state index in [-0.39, 0.29) is 0 Å². The highest BCUT2D eigenvalue weighted by Crippen LogP contribution is 2.30. The van der Waals surface area contributed by atoms with E-state index in [9.17, 15) is 0 Å². The summed E-state index contributed by atoms with van der Waals surface area (Å²) in [5.74, 6) is 2.08. The summed E-state index contributed by atoms with van der Waals surface area (Å²) in [5.41, 5.74) is 0. The van der Waals surface area contributed by atoms with Gasteiger partial charge in [0, 0.05) is 0 Å². The van der Waals surface area contributed by atoms with E-state index >= 15 is 0 Å². The molecule has 0 aromatic carbocycles. The third-order valence-corrected chi connectivity index (χ3v) is 4.13. The first-order chi connectivity index (χ1) is 6.90. The van der Waals surface area contributed by atoms with E-state index in [1.807, 2.05) is 0 Å². The van der Waals surface area contributed by atoms with Gasteiger partial charge < -0.3 is 10.2 Å². The molecule has 1 N–H and O–H groups in total. The molecule has 2 rings (SSSR count). The fourth-order valence-corrected chi connectivity index (χ4v) is 3.06. The van der Waals surface area contributed by atoms with Crippen molar-refractivity contribution >= 4 is 0 Å². The van der Waals surface area contributed by atoms with E-state index in [2.05, 4.69) is 17.1 Å². The Kier molecular flexibility index (Phi) is 3.82. The van der Waals surface area contributed by atoms with Crippen molar-refractivity contribution in [3.63, 3.8) is 0 Å². The first-order valence-electron chi connectivity index (χ1n) is 6.33. The predicted octanol–water partition coefficient (Wildman–Crippen LogP) is 1.72. The largest absolute Gasteiger partial charge is 0.317 e. The van der Waals surface area contributed by atoms with Crippen LogP contribution in [-0.4, -0.2) is 37.6 Å². The molecule has 2 aliphatic rings. The third kappa shape index (κ3) is 2.48. The van der Waals surface area contributed by atoms with Crippen LogP contribution in [0, 0.1) is 11.8 Å². The number of piperidine rings is 2. The van der Waals surface area contributed by atoms with Gasteiger partial charge in [0.15, 0.2) is 0 Å². The lowest BCUT2D eigenvalue weighted by molar-refractivity contribution is 0.135. The van der Waals surface area contributed by atoms with E-state index in [0.29, 0.717) is 0 Å². The number of nitrogens with zero attached hydrogens (tertiary/aromatic N) is 1. The highest BCUT2D eigenvalue weighted by atomic mass is 15.1. The standard InChI is InChI=1S/C12H24N2/c1-2-14-9-5-12(6-10-14)11-3-7-13-8-4-11/h11-13H,2-10H2,1H3. The molecular formula is C12H24N2. The van der Waals surface area contributed by atoms with Gasteiger partial charge in [-0.2, -0.15) is 0 Å². The van der Waals surface area contributed by atoms with Crippen LogP contribution in [0.15, 0.2) is 0 Å². The average molecular weight is 196 g/mol. The van der Waals surface area contributed by atoms with E-state index in [0.717, 1.165) is 11.8 Å². The first-order valence-corrected chi connectivity index (χ1v) is 6.33. The lowest BCUT2D eigenvalue weighted by atomic mass is 9.79. The van der Waals surface area contributed by atoms with Gasteiger partial charge in [0.1, 0.15) is 0 Å². The quantitative estimate of drug-likeness (QED) is 0.723. The number of rotatable bonds is 2. The fraction of sp³-hybridized carbons (Fsp3) is 1.00. The Bertz CT molecular complexity index is 156. The van der Waals surface area contributed by atoms with E-state index < -0.39 is 0 Å². The van der Waals surface area contributed by atoms with Gasteiger partial charge in [0.25, 0.3) is 0 Å². The second-order valence-corrected chi connectivity index (χ2v) is 4.86. The van der Waals surface area contributed by atoms with Gasteiger partial charge in [-0.1, -0.05) is 6.92 Å². The van der Waals surface area contributed by atoms with E-state index in [1.165, 1.54) is 58.4 Å². The first kappa shape index (κ1) is 10.4. The number of hydrogen-bond donors (Lipinski definition) is 1. The smallest absolute Gasteiger partial charge is 0.00161 e. The molecule has 0 aromatic rings. The molecule has 0 amide bonds. The van der Waals surface area contributed by atoms with Crippen molar-refractivity contribution in [1.29, 1.82) is 0 Å².